The summed E-state index contributed by atoms with van der Waals surface area (Å²) in [6.45, 7) is 2.80. The number of hydrogen-bond acceptors (Lipinski definition) is 5. The van der Waals surface area contributed by atoms with Crippen molar-refractivity contribution >= 4 is 17.3 Å². The van der Waals surface area contributed by atoms with Gasteiger partial charge in [-0.2, -0.15) is 0 Å². The van der Waals surface area contributed by atoms with Crippen molar-refractivity contribution in [3.8, 4) is 0 Å². The average molecular weight is 181 g/mol. The summed E-state index contributed by atoms with van der Waals surface area (Å²) >= 11 is 0. The first-order valence-corrected chi connectivity index (χ1v) is 4.18. The van der Waals surface area contributed by atoms with Gasteiger partial charge in [0.2, 0.25) is 0 Å². The summed E-state index contributed by atoms with van der Waals surface area (Å²) in [5.41, 5.74) is 6.43. The first-order valence-electron chi connectivity index (χ1n) is 4.18. The Morgan fingerprint density at radius 3 is 2.69 bits per heavy atom. The molecule has 0 saturated heterocycles. The van der Waals surface area contributed by atoms with Crippen molar-refractivity contribution in [3.05, 3.63) is 6.33 Å². The van der Waals surface area contributed by atoms with Crippen LogP contribution in [0.25, 0.3) is 0 Å². The molecule has 1 heterocycles. The third kappa shape index (κ3) is 1.99. The van der Waals surface area contributed by atoms with Gasteiger partial charge in [-0.15, -0.1) is 0 Å². The molecule has 0 saturated carbocycles. The summed E-state index contributed by atoms with van der Waals surface area (Å²) < 4.78 is 0. The standard InChI is InChI=1S/C8H15N5/c1-4-10-7-6(9)8(13(2)3)12-5-11-7/h5H,4,9H2,1-3H3,(H,10,11,12). The van der Waals surface area contributed by atoms with Crippen molar-refractivity contribution in [3.63, 3.8) is 0 Å². The zero-order valence-electron chi connectivity index (χ0n) is 8.20. The van der Waals surface area contributed by atoms with Crippen molar-refractivity contribution in [2.75, 3.05) is 36.6 Å². The van der Waals surface area contributed by atoms with Crippen LogP contribution in [0, 0.1) is 0 Å². The molecule has 0 unspecified atom stereocenters. The largest absolute Gasteiger partial charge is 0.393 e. The van der Waals surface area contributed by atoms with Crippen molar-refractivity contribution in [2.45, 2.75) is 6.92 Å². The van der Waals surface area contributed by atoms with Crippen LogP contribution in [0.15, 0.2) is 6.33 Å². The molecule has 0 radical (unpaired) electrons. The molecule has 5 nitrogen and oxygen atoms in total. The molecule has 0 atom stereocenters. The van der Waals surface area contributed by atoms with E-state index in [1.807, 2.05) is 25.9 Å². The van der Waals surface area contributed by atoms with E-state index in [0.717, 1.165) is 12.4 Å². The summed E-state index contributed by atoms with van der Waals surface area (Å²) in [6.07, 6.45) is 1.50. The predicted molar refractivity (Wildman–Crippen MR) is 54.9 cm³/mol. The van der Waals surface area contributed by atoms with Gasteiger partial charge in [-0.05, 0) is 6.92 Å². The van der Waals surface area contributed by atoms with Gasteiger partial charge in [-0.1, -0.05) is 0 Å². The topological polar surface area (TPSA) is 67.1 Å². The van der Waals surface area contributed by atoms with E-state index in [9.17, 15) is 0 Å². The Morgan fingerprint density at radius 2 is 2.15 bits per heavy atom. The van der Waals surface area contributed by atoms with Crippen LogP contribution in [0.2, 0.25) is 0 Å². The van der Waals surface area contributed by atoms with Gasteiger partial charge in [0, 0.05) is 20.6 Å². The molecule has 0 amide bonds. The maximum absolute atomic E-state index is 5.84. The van der Waals surface area contributed by atoms with E-state index in [0.29, 0.717) is 11.5 Å². The van der Waals surface area contributed by atoms with Crippen molar-refractivity contribution in [2.24, 2.45) is 0 Å². The third-order valence-corrected chi connectivity index (χ3v) is 1.63. The summed E-state index contributed by atoms with van der Waals surface area (Å²) in [5, 5.41) is 3.07. The zero-order chi connectivity index (χ0) is 9.84. The number of nitrogens with one attached hydrogen (secondary N) is 1. The Morgan fingerprint density at radius 1 is 1.46 bits per heavy atom. The molecular formula is C8H15N5. The zero-order valence-corrected chi connectivity index (χ0v) is 8.20. The molecule has 0 aliphatic carbocycles. The highest BCUT2D eigenvalue weighted by atomic mass is 15.2. The lowest BCUT2D eigenvalue weighted by Crippen LogP contribution is -2.15. The highest BCUT2D eigenvalue weighted by Crippen LogP contribution is 2.23. The molecule has 0 aliphatic rings. The molecular weight excluding hydrogens is 166 g/mol. The second kappa shape index (κ2) is 3.93. The van der Waals surface area contributed by atoms with E-state index < -0.39 is 0 Å². The quantitative estimate of drug-likeness (QED) is 0.713. The van der Waals surface area contributed by atoms with E-state index in [1.54, 1.807) is 0 Å². The first-order chi connectivity index (χ1) is 6.16. The lowest BCUT2D eigenvalue weighted by molar-refractivity contribution is 1.03. The Bertz CT molecular complexity index is 284. The van der Waals surface area contributed by atoms with Gasteiger partial charge in [-0.3, -0.25) is 0 Å². The van der Waals surface area contributed by atoms with Gasteiger partial charge in [-0.25, -0.2) is 9.97 Å². The number of nitrogens with zero attached hydrogens (tertiary/aromatic N) is 3. The van der Waals surface area contributed by atoms with Crippen LogP contribution in [0.5, 0.6) is 0 Å². The Labute approximate surface area is 78.0 Å². The molecule has 72 valence electrons. The number of hydrogen-bond donors (Lipinski definition) is 2. The maximum atomic E-state index is 5.84. The summed E-state index contributed by atoms with van der Waals surface area (Å²) in [7, 11) is 3.79. The van der Waals surface area contributed by atoms with Crippen LogP contribution in [0.4, 0.5) is 17.3 Å². The van der Waals surface area contributed by atoms with Crippen LogP contribution in [-0.4, -0.2) is 30.6 Å². The van der Waals surface area contributed by atoms with E-state index in [4.69, 9.17) is 5.73 Å². The SMILES string of the molecule is CCNc1ncnc(N(C)C)c1N. The van der Waals surface area contributed by atoms with Crippen molar-refractivity contribution < 1.29 is 0 Å². The molecule has 1 rings (SSSR count). The summed E-state index contributed by atoms with van der Waals surface area (Å²) in [5.74, 6) is 1.44. The molecule has 0 aliphatic heterocycles. The highest BCUT2D eigenvalue weighted by molar-refractivity contribution is 5.74. The van der Waals surface area contributed by atoms with Crippen LogP contribution >= 0.6 is 0 Å². The van der Waals surface area contributed by atoms with E-state index in [2.05, 4.69) is 15.3 Å². The minimum atomic E-state index is 0.592. The minimum Gasteiger partial charge on any atom is -0.393 e. The first kappa shape index (κ1) is 9.57. The smallest absolute Gasteiger partial charge is 0.156 e. The average Bonchev–Trinajstić information content (AvgIpc) is 2.08. The van der Waals surface area contributed by atoms with Gasteiger partial charge in [0.25, 0.3) is 0 Å². The van der Waals surface area contributed by atoms with Gasteiger partial charge >= 0.3 is 0 Å². The molecule has 3 N–H and O–H groups in total. The number of rotatable bonds is 3. The number of aromatic nitrogens is 2. The predicted octanol–water partition coefficient (Wildman–Crippen LogP) is 0.557. The Kier molecular flexibility index (Phi) is 2.89. The third-order valence-electron chi connectivity index (χ3n) is 1.63. The van der Waals surface area contributed by atoms with Crippen molar-refractivity contribution in [1.82, 2.24) is 9.97 Å². The van der Waals surface area contributed by atoms with E-state index in [1.165, 1.54) is 6.33 Å². The molecule has 0 fully saturated rings. The molecule has 0 bridgehead atoms. The van der Waals surface area contributed by atoms with Crippen LogP contribution in [0.1, 0.15) is 6.92 Å². The van der Waals surface area contributed by atoms with Gasteiger partial charge in [0.15, 0.2) is 11.6 Å². The fourth-order valence-corrected chi connectivity index (χ4v) is 1.05. The normalized spacial score (nSPS) is 9.77. The van der Waals surface area contributed by atoms with Gasteiger partial charge in [0.1, 0.15) is 12.0 Å². The van der Waals surface area contributed by atoms with Crippen LogP contribution < -0.4 is 16.0 Å². The fourth-order valence-electron chi connectivity index (χ4n) is 1.05. The fraction of sp³-hybridized carbons (Fsp3) is 0.500. The summed E-state index contributed by atoms with van der Waals surface area (Å²) in [6, 6.07) is 0. The minimum absolute atomic E-state index is 0.592. The second-order valence-corrected chi connectivity index (χ2v) is 2.88. The lowest BCUT2D eigenvalue weighted by Gasteiger charge is -2.15. The lowest BCUT2D eigenvalue weighted by atomic mass is 10.4. The molecule has 5 heteroatoms. The number of nitrogens with two attached hydrogens (primary N) is 1. The molecule has 1 aromatic heterocycles. The molecule has 1 aromatic rings. The Hall–Kier alpha value is -1.52. The van der Waals surface area contributed by atoms with Crippen molar-refractivity contribution in [1.29, 1.82) is 0 Å². The molecule has 13 heavy (non-hydrogen) atoms. The monoisotopic (exact) mass is 181 g/mol. The Balaban J connectivity index is 3.03. The van der Waals surface area contributed by atoms with Crippen LogP contribution in [-0.2, 0) is 0 Å². The molecule has 0 aromatic carbocycles. The van der Waals surface area contributed by atoms with E-state index in [-0.39, 0.29) is 0 Å². The highest BCUT2D eigenvalue weighted by Gasteiger charge is 2.07. The van der Waals surface area contributed by atoms with Crippen LogP contribution in [0.3, 0.4) is 0 Å². The maximum Gasteiger partial charge on any atom is 0.156 e. The molecule has 0 spiro atoms. The van der Waals surface area contributed by atoms with E-state index >= 15 is 0 Å². The van der Waals surface area contributed by atoms with Gasteiger partial charge < -0.3 is 16.0 Å². The van der Waals surface area contributed by atoms with Gasteiger partial charge in [0.05, 0.1) is 0 Å². The summed E-state index contributed by atoms with van der Waals surface area (Å²) in [4.78, 5) is 9.97. The number of nitrogen functional groups attached to an aromatic ring is 1. The number of anilines is 3. The second-order valence-electron chi connectivity index (χ2n) is 2.88.